The predicted molar refractivity (Wildman–Crippen MR) is 73.8 cm³/mol. The molecule has 1 aliphatic heterocycles. The molecule has 2 N–H and O–H groups in total. The fourth-order valence-electron chi connectivity index (χ4n) is 1.77. The Morgan fingerprint density at radius 2 is 2.06 bits per heavy atom. The van der Waals surface area contributed by atoms with Gasteiger partial charge in [-0.1, -0.05) is 39.1 Å². The van der Waals surface area contributed by atoms with Crippen LogP contribution in [0.3, 0.4) is 0 Å². The summed E-state index contributed by atoms with van der Waals surface area (Å²) in [5.41, 5.74) is 0.706. The summed E-state index contributed by atoms with van der Waals surface area (Å²) in [6, 6.07) is 3.71. The van der Waals surface area contributed by atoms with Crippen molar-refractivity contribution in [2.45, 2.75) is 18.9 Å². The van der Waals surface area contributed by atoms with E-state index in [0.29, 0.717) is 28.7 Å². The summed E-state index contributed by atoms with van der Waals surface area (Å²) in [5.74, 6) is 0.102. The van der Waals surface area contributed by atoms with Crippen LogP contribution in [-0.4, -0.2) is 18.5 Å². The smallest absolute Gasteiger partial charge is 0.220 e. The van der Waals surface area contributed by atoms with Gasteiger partial charge in [-0.25, -0.2) is 0 Å². The van der Waals surface area contributed by atoms with Gasteiger partial charge in [0.2, 0.25) is 5.91 Å². The molecule has 1 saturated heterocycles. The van der Waals surface area contributed by atoms with E-state index in [1.54, 1.807) is 12.1 Å². The molecule has 6 heteroatoms. The molecule has 17 heavy (non-hydrogen) atoms. The SMILES string of the molecule is O=C1CCC(CNc2c(Cl)cc(Br)cc2Cl)N1. The molecule has 1 aromatic carbocycles. The number of hydrogen-bond donors (Lipinski definition) is 2. The van der Waals surface area contributed by atoms with E-state index in [1.165, 1.54) is 0 Å². The van der Waals surface area contributed by atoms with Gasteiger partial charge in [-0.15, -0.1) is 0 Å². The fraction of sp³-hybridized carbons (Fsp3) is 0.364. The number of carbonyl (C=O) groups excluding carboxylic acids is 1. The van der Waals surface area contributed by atoms with Crippen molar-refractivity contribution in [3.05, 3.63) is 26.7 Å². The van der Waals surface area contributed by atoms with E-state index >= 15 is 0 Å². The van der Waals surface area contributed by atoms with Crippen LogP contribution < -0.4 is 10.6 Å². The van der Waals surface area contributed by atoms with Crippen molar-refractivity contribution in [3.8, 4) is 0 Å². The number of anilines is 1. The number of hydrogen-bond acceptors (Lipinski definition) is 2. The van der Waals surface area contributed by atoms with E-state index in [4.69, 9.17) is 23.2 Å². The van der Waals surface area contributed by atoms with Gasteiger partial charge in [0.1, 0.15) is 0 Å². The monoisotopic (exact) mass is 336 g/mol. The van der Waals surface area contributed by atoms with Crippen molar-refractivity contribution in [3.63, 3.8) is 0 Å². The van der Waals surface area contributed by atoms with Crippen LogP contribution in [0.25, 0.3) is 0 Å². The van der Waals surface area contributed by atoms with Gasteiger partial charge in [0.15, 0.2) is 0 Å². The number of halogens is 3. The number of carbonyl (C=O) groups is 1. The van der Waals surface area contributed by atoms with Gasteiger partial charge < -0.3 is 10.6 Å². The molecule has 1 fully saturated rings. The minimum atomic E-state index is 0.102. The molecule has 1 aromatic rings. The van der Waals surface area contributed by atoms with Gasteiger partial charge in [-0.05, 0) is 18.6 Å². The van der Waals surface area contributed by atoms with Crippen molar-refractivity contribution in [2.24, 2.45) is 0 Å². The standard InChI is InChI=1S/C11H11BrCl2N2O/c12-6-3-8(13)11(9(14)4-6)15-5-7-1-2-10(17)16-7/h3-4,7,15H,1-2,5H2,(H,16,17). The van der Waals surface area contributed by atoms with Crippen molar-refractivity contribution in [1.82, 2.24) is 5.32 Å². The van der Waals surface area contributed by atoms with Gasteiger partial charge in [0.25, 0.3) is 0 Å². The highest BCUT2D eigenvalue weighted by Crippen LogP contribution is 2.33. The topological polar surface area (TPSA) is 41.1 Å². The summed E-state index contributed by atoms with van der Waals surface area (Å²) in [6.45, 7) is 0.632. The van der Waals surface area contributed by atoms with E-state index in [0.717, 1.165) is 10.9 Å². The Labute approximate surface area is 118 Å². The zero-order chi connectivity index (χ0) is 12.4. The quantitative estimate of drug-likeness (QED) is 0.887. The van der Waals surface area contributed by atoms with Crippen molar-refractivity contribution in [1.29, 1.82) is 0 Å². The molecule has 1 aliphatic rings. The maximum Gasteiger partial charge on any atom is 0.220 e. The van der Waals surface area contributed by atoms with Gasteiger partial charge in [-0.2, -0.15) is 0 Å². The number of benzene rings is 1. The third-order valence-electron chi connectivity index (χ3n) is 2.62. The molecule has 3 nitrogen and oxygen atoms in total. The van der Waals surface area contributed by atoms with Crippen LogP contribution >= 0.6 is 39.1 Å². The Morgan fingerprint density at radius 1 is 1.41 bits per heavy atom. The van der Waals surface area contributed by atoms with Crippen LogP contribution in [0.5, 0.6) is 0 Å². The molecule has 1 unspecified atom stereocenters. The number of rotatable bonds is 3. The van der Waals surface area contributed by atoms with E-state index in [2.05, 4.69) is 26.6 Å². The number of amides is 1. The molecule has 1 amide bonds. The molecular formula is C11H11BrCl2N2O. The van der Waals surface area contributed by atoms with E-state index in [1.807, 2.05) is 0 Å². The van der Waals surface area contributed by atoms with Crippen LogP contribution in [0.2, 0.25) is 10.0 Å². The maximum absolute atomic E-state index is 11.0. The molecule has 0 radical (unpaired) electrons. The lowest BCUT2D eigenvalue weighted by molar-refractivity contribution is -0.119. The Bertz CT molecular complexity index is 430. The van der Waals surface area contributed by atoms with Gasteiger partial charge in [0, 0.05) is 23.5 Å². The Hall–Kier alpha value is -0.450. The third kappa shape index (κ3) is 3.27. The van der Waals surface area contributed by atoms with E-state index < -0.39 is 0 Å². The lowest BCUT2D eigenvalue weighted by Gasteiger charge is -2.15. The highest BCUT2D eigenvalue weighted by Gasteiger charge is 2.20. The van der Waals surface area contributed by atoms with Crippen molar-refractivity contribution < 1.29 is 4.79 Å². The maximum atomic E-state index is 11.0. The van der Waals surface area contributed by atoms with Crippen molar-refractivity contribution >= 4 is 50.7 Å². The first-order valence-electron chi connectivity index (χ1n) is 5.24. The largest absolute Gasteiger partial charge is 0.381 e. The number of nitrogens with one attached hydrogen (secondary N) is 2. The fourth-order valence-corrected chi connectivity index (χ4v) is 3.11. The molecule has 0 spiro atoms. The average Bonchev–Trinajstić information content (AvgIpc) is 2.62. The van der Waals surface area contributed by atoms with Crippen LogP contribution in [0.1, 0.15) is 12.8 Å². The van der Waals surface area contributed by atoms with E-state index in [9.17, 15) is 4.79 Å². The third-order valence-corrected chi connectivity index (χ3v) is 3.67. The molecule has 0 bridgehead atoms. The van der Waals surface area contributed by atoms with Gasteiger partial charge >= 0.3 is 0 Å². The Morgan fingerprint density at radius 3 is 2.59 bits per heavy atom. The molecular weight excluding hydrogens is 327 g/mol. The molecule has 0 aliphatic carbocycles. The predicted octanol–water partition coefficient (Wildman–Crippen LogP) is 3.45. The second-order valence-electron chi connectivity index (χ2n) is 3.93. The van der Waals surface area contributed by atoms with Crippen LogP contribution in [0.4, 0.5) is 5.69 Å². The summed E-state index contributed by atoms with van der Waals surface area (Å²) in [7, 11) is 0. The highest BCUT2D eigenvalue weighted by molar-refractivity contribution is 9.10. The summed E-state index contributed by atoms with van der Waals surface area (Å²) in [5, 5.41) is 7.18. The first-order valence-corrected chi connectivity index (χ1v) is 6.79. The van der Waals surface area contributed by atoms with Crippen molar-refractivity contribution in [2.75, 3.05) is 11.9 Å². The molecule has 1 atom stereocenters. The summed E-state index contributed by atoms with van der Waals surface area (Å²) in [4.78, 5) is 11.0. The normalized spacial score (nSPS) is 19.2. The molecule has 0 saturated carbocycles. The summed E-state index contributed by atoms with van der Waals surface area (Å²) >= 11 is 15.5. The Balaban J connectivity index is 2.01. The minimum absolute atomic E-state index is 0.102. The van der Waals surface area contributed by atoms with Crippen LogP contribution in [0, 0.1) is 0 Å². The lowest BCUT2D eigenvalue weighted by Crippen LogP contribution is -2.31. The van der Waals surface area contributed by atoms with Crippen LogP contribution in [-0.2, 0) is 4.79 Å². The molecule has 2 rings (SSSR count). The second kappa shape index (κ2) is 5.46. The lowest BCUT2D eigenvalue weighted by atomic mass is 10.2. The minimum Gasteiger partial charge on any atom is -0.381 e. The Kier molecular flexibility index (Phi) is 4.17. The highest BCUT2D eigenvalue weighted by atomic mass is 79.9. The van der Waals surface area contributed by atoms with Crippen LogP contribution in [0.15, 0.2) is 16.6 Å². The summed E-state index contributed by atoms with van der Waals surface area (Å²) in [6.07, 6.45) is 1.44. The zero-order valence-electron chi connectivity index (χ0n) is 8.90. The van der Waals surface area contributed by atoms with E-state index in [-0.39, 0.29) is 11.9 Å². The molecule has 1 heterocycles. The molecule has 0 aromatic heterocycles. The van der Waals surface area contributed by atoms with Gasteiger partial charge in [0.05, 0.1) is 15.7 Å². The van der Waals surface area contributed by atoms with Gasteiger partial charge in [-0.3, -0.25) is 4.79 Å². The first-order chi connectivity index (χ1) is 8.06. The average molecular weight is 338 g/mol. The first kappa shape index (κ1) is 13.0. The molecule has 92 valence electrons. The summed E-state index contributed by atoms with van der Waals surface area (Å²) < 4.78 is 0.840. The zero-order valence-corrected chi connectivity index (χ0v) is 12.0. The second-order valence-corrected chi connectivity index (χ2v) is 5.66.